The van der Waals surface area contributed by atoms with Crippen LogP contribution in [0.2, 0.25) is 0 Å². The van der Waals surface area contributed by atoms with Crippen LogP contribution < -0.4 is 24.6 Å². The molecule has 1 heterocycles. The number of rotatable bonds is 8. The number of methoxy groups -OCH3 is 1. The van der Waals surface area contributed by atoms with Crippen molar-refractivity contribution in [1.29, 1.82) is 0 Å². The van der Waals surface area contributed by atoms with E-state index in [1.54, 1.807) is 7.11 Å². The molecule has 0 radical (unpaired) electrons. The third kappa shape index (κ3) is 5.71. The van der Waals surface area contributed by atoms with Crippen molar-refractivity contribution < 1.29 is 24.1 Å². The van der Waals surface area contributed by atoms with Crippen LogP contribution >= 0.6 is 0 Å². The molecule has 0 saturated carbocycles. The van der Waals surface area contributed by atoms with Gasteiger partial charge in [0.1, 0.15) is 50.8 Å². The van der Waals surface area contributed by atoms with Gasteiger partial charge in [0.15, 0.2) is 6.04 Å². The highest BCUT2D eigenvalue weighted by atomic mass is 16.5. The van der Waals surface area contributed by atoms with E-state index in [0.717, 1.165) is 49.9 Å². The van der Waals surface area contributed by atoms with Crippen molar-refractivity contribution in [2.24, 2.45) is 0 Å². The predicted molar refractivity (Wildman–Crippen MR) is 109 cm³/mol. The van der Waals surface area contributed by atoms with Gasteiger partial charge < -0.3 is 24.6 Å². The Labute approximate surface area is 167 Å². The lowest BCUT2D eigenvalue weighted by atomic mass is 10.2. The van der Waals surface area contributed by atoms with Crippen LogP contribution in [0.3, 0.4) is 0 Å². The molecule has 3 N–H and O–H groups in total. The zero-order chi connectivity index (χ0) is 19.8. The van der Waals surface area contributed by atoms with E-state index in [1.807, 2.05) is 61.5 Å². The molecule has 2 aromatic rings. The van der Waals surface area contributed by atoms with Gasteiger partial charge in [-0.25, -0.2) is 0 Å². The molecule has 1 aliphatic rings. The van der Waals surface area contributed by atoms with Crippen LogP contribution in [0, 0.1) is 0 Å². The molecule has 3 rings (SSSR count). The highest BCUT2D eigenvalue weighted by Crippen LogP contribution is 2.16. The summed E-state index contributed by atoms with van der Waals surface area (Å²) in [4.78, 5) is 15.4. The maximum Gasteiger partial charge on any atom is 0.282 e. The number of carbonyl (C=O) groups excluding carboxylic acids is 1. The fourth-order valence-electron chi connectivity index (χ4n) is 3.55. The first-order valence-corrected chi connectivity index (χ1v) is 9.96. The van der Waals surface area contributed by atoms with Gasteiger partial charge in [0.25, 0.3) is 5.91 Å². The zero-order valence-corrected chi connectivity index (χ0v) is 16.7. The van der Waals surface area contributed by atoms with Crippen LogP contribution in [-0.2, 0) is 4.79 Å². The first-order chi connectivity index (χ1) is 13.7. The summed E-state index contributed by atoms with van der Waals surface area (Å²) in [5.41, 5.74) is 0.860. The Morgan fingerprint density at radius 2 is 1.64 bits per heavy atom. The summed E-state index contributed by atoms with van der Waals surface area (Å²) in [7, 11) is 1.66. The number of ether oxygens (including phenoxy) is 2. The monoisotopic (exact) mass is 385 g/mol. The Hall–Kier alpha value is -2.57. The van der Waals surface area contributed by atoms with Crippen molar-refractivity contribution >= 4 is 11.6 Å². The molecule has 28 heavy (non-hydrogen) atoms. The van der Waals surface area contributed by atoms with E-state index < -0.39 is 0 Å². The van der Waals surface area contributed by atoms with Gasteiger partial charge >= 0.3 is 0 Å². The average Bonchev–Trinajstić information content (AvgIpc) is 2.75. The molecule has 0 bridgehead atoms. The molecule has 1 atom stereocenters. The maximum atomic E-state index is 12.5. The lowest BCUT2D eigenvalue weighted by Crippen LogP contribution is -3.30. The van der Waals surface area contributed by atoms with E-state index in [-0.39, 0.29) is 11.9 Å². The highest BCUT2D eigenvalue weighted by Gasteiger charge is 2.30. The average molecular weight is 386 g/mol. The van der Waals surface area contributed by atoms with Crippen molar-refractivity contribution in [3.8, 4) is 11.5 Å². The molecule has 0 aromatic heterocycles. The first kappa shape index (κ1) is 20.2. The largest absolute Gasteiger partial charge is 0.497 e. The number of quaternary nitrogens is 2. The molecule has 2 aromatic carbocycles. The van der Waals surface area contributed by atoms with Crippen molar-refractivity contribution in [1.82, 2.24) is 0 Å². The van der Waals surface area contributed by atoms with Gasteiger partial charge in [0.2, 0.25) is 0 Å². The molecule has 1 saturated heterocycles. The van der Waals surface area contributed by atoms with Gasteiger partial charge in [-0.15, -0.1) is 0 Å². The molecular formula is C22H31N3O3+2. The zero-order valence-electron chi connectivity index (χ0n) is 16.7. The lowest BCUT2D eigenvalue weighted by Gasteiger charge is -2.32. The van der Waals surface area contributed by atoms with Gasteiger partial charge in [-0.05, 0) is 43.3 Å². The first-order valence-electron chi connectivity index (χ1n) is 9.96. The van der Waals surface area contributed by atoms with Crippen LogP contribution in [0.25, 0.3) is 0 Å². The Morgan fingerprint density at radius 3 is 2.29 bits per heavy atom. The number of anilines is 1. The van der Waals surface area contributed by atoms with Crippen LogP contribution in [-0.4, -0.2) is 58.4 Å². The topological polar surface area (TPSA) is 56.4 Å². The van der Waals surface area contributed by atoms with E-state index >= 15 is 0 Å². The normalized spacial score (nSPS) is 20.2. The summed E-state index contributed by atoms with van der Waals surface area (Å²) in [5.74, 6) is 1.80. The van der Waals surface area contributed by atoms with Crippen LogP contribution in [0.5, 0.6) is 11.5 Å². The van der Waals surface area contributed by atoms with Gasteiger partial charge in [-0.2, -0.15) is 0 Å². The molecule has 0 spiro atoms. The summed E-state index contributed by atoms with van der Waals surface area (Å²) < 4.78 is 11.0. The molecule has 1 aliphatic heterocycles. The standard InChI is InChI=1S/C22H29N3O3/c1-18(22(26)23-19-6-4-3-5-7-19)25-14-12-24(13-15-25)16-17-28-21-10-8-20(27-2)9-11-21/h3-11,18H,12-17H2,1-2H3,(H,23,26)/p+2/t18-/m0/s1. The molecule has 0 unspecified atom stereocenters. The molecule has 1 fully saturated rings. The third-order valence-electron chi connectivity index (χ3n) is 5.43. The van der Waals surface area contributed by atoms with Gasteiger partial charge in [0, 0.05) is 5.69 Å². The minimum atomic E-state index is -0.0442. The molecular weight excluding hydrogens is 354 g/mol. The number of para-hydroxylation sites is 1. The highest BCUT2D eigenvalue weighted by molar-refractivity contribution is 5.93. The molecule has 1 amide bonds. The molecule has 150 valence electrons. The molecule has 6 nitrogen and oxygen atoms in total. The predicted octanol–water partition coefficient (Wildman–Crippen LogP) is -0.115. The second kappa shape index (κ2) is 10.1. The van der Waals surface area contributed by atoms with Gasteiger partial charge in [0.05, 0.1) is 7.11 Å². The number of amides is 1. The fraction of sp³-hybridized carbons (Fsp3) is 0.409. The molecule has 6 heteroatoms. The summed E-state index contributed by atoms with van der Waals surface area (Å²) in [6.45, 7) is 7.81. The van der Waals surface area contributed by atoms with Crippen molar-refractivity contribution in [2.75, 3.05) is 51.8 Å². The van der Waals surface area contributed by atoms with E-state index in [0.29, 0.717) is 6.61 Å². The van der Waals surface area contributed by atoms with E-state index in [4.69, 9.17) is 9.47 Å². The number of nitrogens with one attached hydrogen (secondary N) is 3. The minimum Gasteiger partial charge on any atom is -0.497 e. The van der Waals surface area contributed by atoms with Crippen molar-refractivity contribution in [3.05, 3.63) is 54.6 Å². The Balaban J connectivity index is 1.37. The number of piperazine rings is 1. The van der Waals surface area contributed by atoms with E-state index in [1.165, 1.54) is 9.80 Å². The van der Waals surface area contributed by atoms with Gasteiger partial charge in [-0.3, -0.25) is 4.79 Å². The smallest absolute Gasteiger partial charge is 0.282 e. The third-order valence-corrected chi connectivity index (χ3v) is 5.43. The number of hydrogen-bond donors (Lipinski definition) is 3. The van der Waals surface area contributed by atoms with Crippen LogP contribution in [0.15, 0.2) is 54.6 Å². The SMILES string of the molecule is COc1ccc(OCC[NH+]2CC[NH+]([C@@H](C)C(=O)Nc3ccccc3)CC2)cc1. The lowest BCUT2D eigenvalue weighted by molar-refractivity contribution is -1.02. The Morgan fingerprint density at radius 1 is 1.00 bits per heavy atom. The summed E-state index contributed by atoms with van der Waals surface area (Å²) in [5, 5.41) is 3.02. The summed E-state index contributed by atoms with van der Waals surface area (Å²) >= 11 is 0. The quantitative estimate of drug-likeness (QED) is 0.594. The summed E-state index contributed by atoms with van der Waals surface area (Å²) in [6, 6.07) is 17.3. The minimum absolute atomic E-state index is 0.0442. The van der Waals surface area contributed by atoms with Gasteiger partial charge in [-0.1, -0.05) is 18.2 Å². The fourth-order valence-corrected chi connectivity index (χ4v) is 3.55. The van der Waals surface area contributed by atoms with Crippen LogP contribution in [0.4, 0.5) is 5.69 Å². The number of benzene rings is 2. The molecule has 0 aliphatic carbocycles. The number of carbonyl (C=O) groups is 1. The summed E-state index contributed by atoms with van der Waals surface area (Å²) in [6.07, 6.45) is 0. The Bertz CT molecular complexity index is 728. The van der Waals surface area contributed by atoms with E-state index in [2.05, 4.69) is 5.32 Å². The van der Waals surface area contributed by atoms with Crippen LogP contribution in [0.1, 0.15) is 6.92 Å². The second-order valence-electron chi connectivity index (χ2n) is 7.26. The van der Waals surface area contributed by atoms with Crippen molar-refractivity contribution in [3.63, 3.8) is 0 Å². The maximum absolute atomic E-state index is 12.5. The number of hydrogen-bond acceptors (Lipinski definition) is 3. The van der Waals surface area contributed by atoms with Crippen molar-refractivity contribution in [2.45, 2.75) is 13.0 Å². The second-order valence-corrected chi connectivity index (χ2v) is 7.26. The Kier molecular flexibility index (Phi) is 7.28. The van der Waals surface area contributed by atoms with E-state index in [9.17, 15) is 4.79 Å².